The zero-order valence-corrected chi connectivity index (χ0v) is 14.0. The number of ether oxygens (including phenoxy) is 1. The maximum absolute atomic E-state index is 12.5. The molecule has 1 aromatic rings. The van der Waals surface area contributed by atoms with Crippen molar-refractivity contribution >= 4 is 17.5 Å². The van der Waals surface area contributed by atoms with Crippen molar-refractivity contribution in [3.05, 3.63) is 24.3 Å². The number of anilines is 1. The van der Waals surface area contributed by atoms with E-state index in [-0.39, 0.29) is 17.9 Å². The summed E-state index contributed by atoms with van der Waals surface area (Å²) in [5.74, 6) is -0.0508. The first kappa shape index (κ1) is 18.0. The number of nitrogens with one attached hydrogen (secondary N) is 2. The number of carbonyl (C=O) groups excluding carboxylic acids is 2. The SMILES string of the molecule is CCOc1ccccc1NC(=O)C(C)(C)C(=O)NC(C)CC. The first-order valence-corrected chi connectivity index (χ1v) is 7.67. The van der Waals surface area contributed by atoms with Gasteiger partial charge < -0.3 is 15.4 Å². The highest BCUT2D eigenvalue weighted by Crippen LogP contribution is 2.26. The van der Waals surface area contributed by atoms with Gasteiger partial charge in [-0.05, 0) is 46.2 Å². The van der Waals surface area contributed by atoms with E-state index in [0.29, 0.717) is 18.0 Å². The van der Waals surface area contributed by atoms with E-state index in [4.69, 9.17) is 4.74 Å². The lowest BCUT2D eigenvalue weighted by Crippen LogP contribution is -2.47. The van der Waals surface area contributed by atoms with Crippen molar-refractivity contribution in [3.8, 4) is 5.75 Å². The highest BCUT2D eigenvalue weighted by atomic mass is 16.5. The van der Waals surface area contributed by atoms with Crippen LogP contribution in [0.25, 0.3) is 0 Å². The smallest absolute Gasteiger partial charge is 0.239 e. The van der Waals surface area contributed by atoms with Gasteiger partial charge in [-0.2, -0.15) is 0 Å². The summed E-state index contributed by atoms with van der Waals surface area (Å²) in [4.78, 5) is 24.7. The van der Waals surface area contributed by atoms with Gasteiger partial charge in [-0.15, -0.1) is 0 Å². The maximum Gasteiger partial charge on any atom is 0.239 e. The van der Waals surface area contributed by atoms with Gasteiger partial charge in [0.15, 0.2) is 0 Å². The number of benzene rings is 1. The Labute approximate surface area is 132 Å². The molecule has 122 valence electrons. The van der Waals surface area contributed by atoms with Gasteiger partial charge in [0.1, 0.15) is 11.2 Å². The third kappa shape index (κ3) is 4.48. The average Bonchev–Trinajstić information content (AvgIpc) is 2.49. The molecule has 0 aromatic heterocycles. The molecular formula is C17H26N2O3. The van der Waals surface area contributed by atoms with Crippen LogP contribution in [0.4, 0.5) is 5.69 Å². The van der Waals surface area contributed by atoms with E-state index in [2.05, 4.69) is 10.6 Å². The van der Waals surface area contributed by atoms with Gasteiger partial charge in [0.05, 0.1) is 12.3 Å². The molecule has 0 spiro atoms. The summed E-state index contributed by atoms with van der Waals surface area (Å²) in [5, 5.41) is 5.63. The summed E-state index contributed by atoms with van der Waals surface area (Å²) in [6, 6.07) is 7.22. The highest BCUT2D eigenvalue weighted by Gasteiger charge is 2.36. The molecular weight excluding hydrogens is 280 g/mol. The summed E-state index contributed by atoms with van der Waals surface area (Å²) < 4.78 is 5.48. The van der Waals surface area contributed by atoms with Crippen molar-refractivity contribution < 1.29 is 14.3 Å². The topological polar surface area (TPSA) is 67.4 Å². The van der Waals surface area contributed by atoms with Crippen LogP contribution in [0, 0.1) is 5.41 Å². The molecule has 0 saturated heterocycles. The van der Waals surface area contributed by atoms with E-state index in [1.54, 1.807) is 26.0 Å². The molecule has 5 nitrogen and oxygen atoms in total. The van der Waals surface area contributed by atoms with Crippen molar-refractivity contribution in [2.45, 2.75) is 47.1 Å². The van der Waals surface area contributed by atoms with E-state index < -0.39 is 5.41 Å². The fourth-order valence-corrected chi connectivity index (χ4v) is 1.74. The summed E-state index contributed by atoms with van der Waals surface area (Å²) >= 11 is 0. The number of para-hydroxylation sites is 2. The van der Waals surface area contributed by atoms with Crippen molar-refractivity contribution in [2.24, 2.45) is 5.41 Å². The molecule has 5 heteroatoms. The van der Waals surface area contributed by atoms with Crippen molar-refractivity contribution in [1.82, 2.24) is 5.32 Å². The lowest BCUT2D eigenvalue weighted by Gasteiger charge is -2.25. The minimum atomic E-state index is -1.16. The monoisotopic (exact) mass is 306 g/mol. The van der Waals surface area contributed by atoms with Crippen LogP contribution in [0.15, 0.2) is 24.3 Å². The third-order valence-electron chi connectivity index (χ3n) is 3.56. The van der Waals surface area contributed by atoms with Gasteiger partial charge >= 0.3 is 0 Å². The highest BCUT2D eigenvalue weighted by molar-refractivity contribution is 6.10. The van der Waals surface area contributed by atoms with Crippen LogP contribution in [0.3, 0.4) is 0 Å². The number of amides is 2. The molecule has 2 N–H and O–H groups in total. The molecule has 0 heterocycles. The quantitative estimate of drug-likeness (QED) is 0.761. The van der Waals surface area contributed by atoms with Gasteiger partial charge in [-0.1, -0.05) is 19.1 Å². The van der Waals surface area contributed by atoms with Crippen LogP contribution in [0.5, 0.6) is 5.75 Å². The van der Waals surface area contributed by atoms with Crippen molar-refractivity contribution in [1.29, 1.82) is 0 Å². The molecule has 0 radical (unpaired) electrons. The molecule has 0 fully saturated rings. The first-order chi connectivity index (χ1) is 10.3. The average molecular weight is 306 g/mol. The fourth-order valence-electron chi connectivity index (χ4n) is 1.74. The van der Waals surface area contributed by atoms with Gasteiger partial charge in [0, 0.05) is 6.04 Å². The van der Waals surface area contributed by atoms with E-state index in [1.807, 2.05) is 32.9 Å². The van der Waals surface area contributed by atoms with E-state index in [1.165, 1.54) is 0 Å². The Hall–Kier alpha value is -2.04. The van der Waals surface area contributed by atoms with Gasteiger partial charge in [-0.25, -0.2) is 0 Å². The lowest BCUT2D eigenvalue weighted by molar-refractivity contribution is -0.138. The summed E-state index contributed by atoms with van der Waals surface area (Å²) in [7, 11) is 0. The standard InChI is InChI=1S/C17H26N2O3/c1-6-12(3)18-15(20)17(4,5)16(21)19-13-10-8-9-11-14(13)22-7-2/h8-12H,6-7H2,1-5H3,(H,18,20)(H,19,21). The van der Waals surface area contributed by atoms with Gasteiger partial charge in [0.2, 0.25) is 11.8 Å². The Balaban J connectivity index is 2.85. The lowest BCUT2D eigenvalue weighted by atomic mass is 9.90. The molecule has 0 aliphatic heterocycles. The maximum atomic E-state index is 12.5. The molecule has 1 atom stereocenters. The normalized spacial score (nSPS) is 12.4. The Bertz CT molecular complexity index is 526. The molecule has 1 rings (SSSR count). The van der Waals surface area contributed by atoms with Crippen LogP contribution in [0.2, 0.25) is 0 Å². The second-order valence-corrected chi connectivity index (χ2v) is 5.79. The van der Waals surface area contributed by atoms with Crippen LogP contribution in [-0.2, 0) is 9.59 Å². The zero-order valence-electron chi connectivity index (χ0n) is 14.0. The van der Waals surface area contributed by atoms with Crippen LogP contribution < -0.4 is 15.4 Å². The zero-order chi connectivity index (χ0) is 16.8. The Kier molecular flexibility index (Phi) is 6.40. The molecule has 0 saturated carbocycles. The first-order valence-electron chi connectivity index (χ1n) is 7.67. The van der Waals surface area contributed by atoms with Crippen LogP contribution in [-0.4, -0.2) is 24.5 Å². The van der Waals surface area contributed by atoms with Crippen LogP contribution in [0.1, 0.15) is 41.0 Å². The van der Waals surface area contributed by atoms with E-state index in [9.17, 15) is 9.59 Å². The second-order valence-electron chi connectivity index (χ2n) is 5.79. The predicted octanol–water partition coefficient (Wildman–Crippen LogP) is 2.96. The summed E-state index contributed by atoms with van der Waals surface area (Å²) in [5.41, 5.74) is -0.596. The van der Waals surface area contributed by atoms with Crippen molar-refractivity contribution in [3.63, 3.8) is 0 Å². The van der Waals surface area contributed by atoms with Gasteiger partial charge in [0.25, 0.3) is 0 Å². The third-order valence-corrected chi connectivity index (χ3v) is 3.56. The minimum Gasteiger partial charge on any atom is -0.492 e. The molecule has 0 aliphatic rings. The minimum absolute atomic E-state index is 0.0373. The molecule has 1 unspecified atom stereocenters. The summed E-state index contributed by atoms with van der Waals surface area (Å²) in [6.07, 6.45) is 0.816. The van der Waals surface area contributed by atoms with Crippen LogP contribution >= 0.6 is 0 Å². The molecule has 0 bridgehead atoms. The van der Waals surface area contributed by atoms with E-state index >= 15 is 0 Å². The fraction of sp³-hybridized carbons (Fsp3) is 0.529. The summed E-state index contributed by atoms with van der Waals surface area (Å²) in [6.45, 7) is 9.51. The predicted molar refractivity (Wildman–Crippen MR) is 87.9 cm³/mol. The Morgan fingerprint density at radius 2 is 1.82 bits per heavy atom. The number of hydrogen-bond acceptors (Lipinski definition) is 3. The largest absolute Gasteiger partial charge is 0.492 e. The molecule has 1 aromatic carbocycles. The second kappa shape index (κ2) is 7.82. The molecule has 2 amide bonds. The van der Waals surface area contributed by atoms with Gasteiger partial charge in [-0.3, -0.25) is 9.59 Å². The number of rotatable bonds is 7. The molecule has 0 aliphatic carbocycles. The Morgan fingerprint density at radius 1 is 1.18 bits per heavy atom. The Morgan fingerprint density at radius 3 is 2.41 bits per heavy atom. The van der Waals surface area contributed by atoms with Crippen molar-refractivity contribution in [2.75, 3.05) is 11.9 Å². The van der Waals surface area contributed by atoms with E-state index in [0.717, 1.165) is 6.42 Å². The molecule has 22 heavy (non-hydrogen) atoms. The number of hydrogen-bond donors (Lipinski definition) is 2. The number of carbonyl (C=O) groups is 2.